The van der Waals surface area contributed by atoms with Gasteiger partial charge in [-0.3, -0.25) is 4.79 Å². The minimum absolute atomic E-state index is 0.0799. The molecule has 0 aliphatic carbocycles. The van der Waals surface area contributed by atoms with Crippen LogP contribution in [0.5, 0.6) is 0 Å². The Balaban J connectivity index is 3.33. The summed E-state index contributed by atoms with van der Waals surface area (Å²) in [5, 5.41) is 9.17. The molecule has 1 rings (SSSR count). The molecule has 0 saturated heterocycles. The summed E-state index contributed by atoms with van der Waals surface area (Å²) in [4.78, 5) is 30.3. The van der Waals surface area contributed by atoms with Crippen LogP contribution in [0.3, 0.4) is 0 Å². The van der Waals surface area contributed by atoms with Crippen LogP contribution in [0.15, 0.2) is 11.1 Å². The number of anilines is 2. The number of carboxylic acids is 1. The average Bonchev–Trinajstić information content (AvgIpc) is 2.24. The lowest BCUT2D eigenvalue weighted by molar-refractivity contribution is -0.142. The third kappa shape index (κ3) is 2.22. The third-order valence-corrected chi connectivity index (χ3v) is 2.64. The standard InChI is InChI=1S/C10H16N4O3/c1-4-14(10(2,3)9(16)17)7-6(11)8(15)13-5-12-7/h5H,4,11H2,1-3H3,(H,16,17)(H,12,13,15). The lowest BCUT2D eigenvalue weighted by Crippen LogP contribution is -2.51. The molecule has 1 heterocycles. The van der Waals surface area contributed by atoms with E-state index in [1.54, 1.807) is 6.92 Å². The maximum absolute atomic E-state index is 11.4. The number of nitrogens with one attached hydrogen (secondary N) is 1. The number of aliphatic carboxylic acids is 1. The number of nitrogen functional groups attached to an aromatic ring is 1. The fraction of sp³-hybridized carbons (Fsp3) is 0.500. The summed E-state index contributed by atoms with van der Waals surface area (Å²) < 4.78 is 0. The second-order valence-electron chi connectivity index (χ2n) is 4.08. The molecule has 0 amide bonds. The van der Waals surface area contributed by atoms with Gasteiger partial charge in [-0.2, -0.15) is 0 Å². The number of carbonyl (C=O) groups is 1. The van der Waals surface area contributed by atoms with Gasteiger partial charge in [0.25, 0.3) is 5.56 Å². The van der Waals surface area contributed by atoms with Crippen molar-refractivity contribution in [1.29, 1.82) is 0 Å². The lowest BCUT2D eigenvalue weighted by Gasteiger charge is -2.35. The van der Waals surface area contributed by atoms with Gasteiger partial charge in [-0.1, -0.05) is 0 Å². The van der Waals surface area contributed by atoms with Crippen molar-refractivity contribution in [2.45, 2.75) is 26.3 Å². The number of hydrogen-bond donors (Lipinski definition) is 3. The number of likely N-dealkylation sites (N-methyl/N-ethyl adjacent to an activating group) is 1. The van der Waals surface area contributed by atoms with Gasteiger partial charge in [0.1, 0.15) is 11.2 Å². The number of nitrogens with two attached hydrogens (primary N) is 1. The van der Waals surface area contributed by atoms with E-state index in [1.165, 1.54) is 25.1 Å². The van der Waals surface area contributed by atoms with Crippen molar-refractivity contribution in [2.24, 2.45) is 0 Å². The fourth-order valence-electron chi connectivity index (χ4n) is 1.54. The van der Waals surface area contributed by atoms with E-state index in [0.29, 0.717) is 6.54 Å². The Labute approximate surface area is 98.3 Å². The first-order valence-electron chi connectivity index (χ1n) is 5.16. The molecule has 0 bridgehead atoms. The molecule has 0 saturated carbocycles. The van der Waals surface area contributed by atoms with Crippen LogP contribution in [0.4, 0.5) is 11.5 Å². The number of aromatic nitrogens is 2. The number of nitrogens with zero attached hydrogens (tertiary/aromatic N) is 2. The van der Waals surface area contributed by atoms with E-state index in [1.807, 2.05) is 0 Å². The summed E-state index contributed by atoms with van der Waals surface area (Å²) in [5.74, 6) is -0.829. The number of carboxylic acid groups (broad SMARTS) is 1. The van der Waals surface area contributed by atoms with Crippen LogP contribution >= 0.6 is 0 Å². The summed E-state index contributed by atoms with van der Waals surface area (Å²) in [6.07, 6.45) is 1.20. The molecule has 0 aliphatic heterocycles. The van der Waals surface area contributed by atoms with Crippen LogP contribution in [-0.4, -0.2) is 33.1 Å². The molecule has 0 aliphatic rings. The quantitative estimate of drug-likeness (QED) is 0.685. The van der Waals surface area contributed by atoms with E-state index < -0.39 is 17.1 Å². The molecular formula is C10H16N4O3. The molecule has 0 aromatic carbocycles. The maximum atomic E-state index is 11.4. The Kier molecular flexibility index (Phi) is 3.40. The summed E-state index contributed by atoms with van der Waals surface area (Å²) in [5.41, 5.74) is 3.87. The van der Waals surface area contributed by atoms with E-state index >= 15 is 0 Å². The predicted molar refractivity (Wildman–Crippen MR) is 64.0 cm³/mol. The molecule has 0 radical (unpaired) electrons. The first-order chi connectivity index (χ1) is 7.82. The van der Waals surface area contributed by atoms with Gasteiger partial charge >= 0.3 is 5.97 Å². The molecule has 1 aromatic heterocycles. The van der Waals surface area contributed by atoms with Crippen molar-refractivity contribution in [2.75, 3.05) is 17.2 Å². The summed E-state index contributed by atoms with van der Waals surface area (Å²) in [6, 6.07) is 0. The van der Waals surface area contributed by atoms with E-state index in [9.17, 15) is 9.59 Å². The van der Waals surface area contributed by atoms with Gasteiger partial charge in [0.15, 0.2) is 5.82 Å². The monoisotopic (exact) mass is 240 g/mol. The molecule has 0 atom stereocenters. The van der Waals surface area contributed by atoms with E-state index in [-0.39, 0.29) is 11.5 Å². The molecule has 4 N–H and O–H groups in total. The zero-order valence-electron chi connectivity index (χ0n) is 10.0. The highest BCUT2D eigenvalue weighted by Crippen LogP contribution is 2.24. The highest BCUT2D eigenvalue weighted by molar-refractivity contribution is 5.83. The molecular weight excluding hydrogens is 224 g/mol. The zero-order chi connectivity index (χ0) is 13.2. The molecule has 1 aromatic rings. The maximum Gasteiger partial charge on any atom is 0.329 e. The second kappa shape index (κ2) is 4.44. The van der Waals surface area contributed by atoms with Crippen LogP contribution in [-0.2, 0) is 4.79 Å². The molecule has 0 fully saturated rings. The van der Waals surface area contributed by atoms with Crippen molar-refractivity contribution in [1.82, 2.24) is 9.97 Å². The lowest BCUT2D eigenvalue weighted by atomic mass is 10.0. The molecule has 7 nitrogen and oxygen atoms in total. The van der Waals surface area contributed by atoms with E-state index in [0.717, 1.165) is 0 Å². The number of hydrogen-bond acceptors (Lipinski definition) is 5. The highest BCUT2D eigenvalue weighted by atomic mass is 16.4. The Morgan fingerprint density at radius 3 is 2.71 bits per heavy atom. The first-order valence-corrected chi connectivity index (χ1v) is 5.16. The molecule has 7 heteroatoms. The Hall–Kier alpha value is -2.05. The van der Waals surface area contributed by atoms with Gasteiger partial charge in [-0.25, -0.2) is 9.78 Å². The number of rotatable bonds is 4. The molecule has 94 valence electrons. The van der Waals surface area contributed by atoms with Crippen LogP contribution in [0, 0.1) is 0 Å². The third-order valence-electron chi connectivity index (χ3n) is 2.64. The SMILES string of the molecule is CCN(c1nc[nH]c(=O)c1N)C(C)(C)C(=O)O. The average molecular weight is 240 g/mol. The van der Waals surface area contributed by atoms with Gasteiger partial charge < -0.3 is 20.7 Å². The minimum atomic E-state index is -1.19. The first kappa shape index (κ1) is 13.0. The second-order valence-corrected chi connectivity index (χ2v) is 4.08. The smallest absolute Gasteiger partial charge is 0.329 e. The zero-order valence-corrected chi connectivity index (χ0v) is 10.0. The van der Waals surface area contributed by atoms with Crippen molar-refractivity contribution in [3.8, 4) is 0 Å². The normalized spacial score (nSPS) is 11.2. The van der Waals surface area contributed by atoms with Gasteiger partial charge in [0.2, 0.25) is 0 Å². The summed E-state index contributed by atoms with van der Waals surface area (Å²) >= 11 is 0. The van der Waals surface area contributed by atoms with Crippen molar-refractivity contribution in [3.05, 3.63) is 16.7 Å². The van der Waals surface area contributed by atoms with E-state index in [2.05, 4.69) is 9.97 Å². The molecule has 0 spiro atoms. The Morgan fingerprint density at radius 1 is 1.65 bits per heavy atom. The highest BCUT2D eigenvalue weighted by Gasteiger charge is 2.35. The van der Waals surface area contributed by atoms with Crippen LogP contribution in [0.25, 0.3) is 0 Å². The Morgan fingerprint density at radius 2 is 2.24 bits per heavy atom. The fourth-order valence-corrected chi connectivity index (χ4v) is 1.54. The van der Waals surface area contributed by atoms with Gasteiger partial charge in [0.05, 0.1) is 6.33 Å². The summed E-state index contributed by atoms with van der Waals surface area (Å²) in [7, 11) is 0. The summed E-state index contributed by atoms with van der Waals surface area (Å²) in [6.45, 7) is 5.20. The topological polar surface area (TPSA) is 112 Å². The Bertz CT molecular complexity index is 481. The number of aromatic amines is 1. The van der Waals surface area contributed by atoms with E-state index in [4.69, 9.17) is 10.8 Å². The van der Waals surface area contributed by atoms with Crippen molar-refractivity contribution in [3.63, 3.8) is 0 Å². The van der Waals surface area contributed by atoms with Crippen molar-refractivity contribution < 1.29 is 9.90 Å². The van der Waals surface area contributed by atoms with Crippen LogP contribution in [0.2, 0.25) is 0 Å². The minimum Gasteiger partial charge on any atom is -0.480 e. The van der Waals surface area contributed by atoms with Gasteiger partial charge in [0, 0.05) is 6.54 Å². The van der Waals surface area contributed by atoms with Crippen LogP contribution in [0.1, 0.15) is 20.8 Å². The largest absolute Gasteiger partial charge is 0.480 e. The number of H-pyrrole nitrogens is 1. The predicted octanol–water partition coefficient (Wildman–Crippen LogP) is 0.0416. The van der Waals surface area contributed by atoms with Crippen molar-refractivity contribution >= 4 is 17.5 Å². The van der Waals surface area contributed by atoms with Gasteiger partial charge in [-0.05, 0) is 20.8 Å². The molecule has 0 unspecified atom stereocenters. The van der Waals surface area contributed by atoms with Crippen LogP contribution < -0.4 is 16.2 Å². The van der Waals surface area contributed by atoms with Gasteiger partial charge in [-0.15, -0.1) is 0 Å². The molecule has 17 heavy (non-hydrogen) atoms.